The van der Waals surface area contributed by atoms with Crippen LogP contribution in [-0.2, 0) is 6.54 Å². The van der Waals surface area contributed by atoms with Crippen molar-refractivity contribution < 1.29 is 9.47 Å². The second kappa shape index (κ2) is 6.36. The minimum atomic E-state index is 0.679. The van der Waals surface area contributed by atoms with Crippen molar-refractivity contribution in [3.8, 4) is 22.6 Å². The third-order valence-electron chi connectivity index (χ3n) is 4.28. The molecule has 3 heterocycles. The smallest absolute Gasteiger partial charge is 0.137 e. The number of fused-ring (bicyclic) bond motifs is 1. The fraction of sp³-hybridized carbons (Fsp3) is 0.150. The van der Waals surface area contributed by atoms with Crippen molar-refractivity contribution in [3.63, 3.8) is 0 Å². The number of aliphatic imine (C=N–C) groups is 1. The molecule has 1 aromatic carbocycles. The van der Waals surface area contributed by atoms with Crippen LogP contribution in [0.5, 0.6) is 11.5 Å². The molecular formula is C20H17N3O2. The second-order valence-corrected chi connectivity index (χ2v) is 5.76. The summed E-state index contributed by atoms with van der Waals surface area (Å²) in [6.07, 6.45) is 7.04. The fourth-order valence-electron chi connectivity index (χ4n) is 2.96. The van der Waals surface area contributed by atoms with Gasteiger partial charge in [-0.15, -0.1) is 0 Å². The van der Waals surface area contributed by atoms with Crippen LogP contribution in [0.1, 0.15) is 16.7 Å². The summed E-state index contributed by atoms with van der Waals surface area (Å²) in [5, 5.41) is 0. The Morgan fingerprint density at radius 2 is 1.44 bits per heavy atom. The Hall–Kier alpha value is -3.21. The number of aromatic nitrogens is 2. The summed E-state index contributed by atoms with van der Waals surface area (Å²) < 4.78 is 10.6. The molecular weight excluding hydrogens is 314 g/mol. The molecule has 5 heteroatoms. The SMILES string of the molecule is COc1cncc(C2=NCc3ccc(-c4cncc(OC)c4)cc32)c1. The predicted octanol–water partition coefficient (Wildman–Crippen LogP) is 3.51. The lowest BCUT2D eigenvalue weighted by atomic mass is 9.96. The van der Waals surface area contributed by atoms with Crippen molar-refractivity contribution in [2.45, 2.75) is 6.54 Å². The first-order chi connectivity index (χ1) is 12.3. The van der Waals surface area contributed by atoms with Gasteiger partial charge < -0.3 is 9.47 Å². The molecule has 1 aliphatic rings. The quantitative estimate of drug-likeness (QED) is 0.734. The number of hydrogen-bond donors (Lipinski definition) is 0. The van der Waals surface area contributed by atoms with E-state index in [0.29, 0.717) is 6.54 Å². The minimum absolute atomic E-state index is 0.679. The number of nitrogens with zero attached hydrogens (tertiary/aromatic N) is 3. The molecule has 4 rings (SSSR count). The van der Waals surface area contributed by atoms with Gasteiger partial charge in [-0.25, -0.2) is 0 Å². The van der Waals surface area contributed by atoms with Crippen LogP contribution < -0.4 is 9.47 Å². The molecule has 25 heavy (non-hydrogen) atoms. The Bertz CT molecular complexity index is 967. The Morgan fingerprint density at radius 3 is 2.16 bits per heavy atom. The van der Waals surface area contributed by atoms with Crippen molar-refractivity contribution in [2.24, 2.45) is 4.99 Å². The Balaban J connectivity index is 1.76. The Kier molecular flexibility index (Phi) is 3.90. The van der Waals surface area contributed by atoms with E-state index in [1.165, 1.54) is 5.56 Å². The van der Waals surface area contributed by atoms with Crippen molar-refractivity contribution in [2.75, 3.05) is 14.2 Å². The lowest BCUT2D eigenvalue weighted by Gasteiger charge is -2.09. The molecule has 0 aliphatic carbocycles. The number of pyridine rings is 2. The highest BCUT2D eigenvalue weighted by Crippen LogP contribution is 2.30. The van der Waals surface area contributed by atoms with Gasteiger partial charge in [0.05, 0.1) is 38.9 Å². The van der Waals surface area contributed by atoms with E-state index in [9.17, 15) is 0 Å². The van der Waals surface area contributed by atoms with Crippen LogP contribution in [0.25, 0.3) is 11.1 Å². The van der Waals surface area contributed by atoms with E-state index in [1.54, 1.807) is 26.6 Å². The highest BCUT2D eigenvalue weighted by atomic mass is 16.5. The van der Waals surface area contributed by atoms with Gasteiger partial charge in [0.1, 0.15) is 11.5 Å². The molecule has 0 radical (unpaired) electrons. The highest BCUT2D eigenvalue weighted by molar-refractivity contribution is 6.15. The van der Waals surface area contributed by atoms with Crippen molar-refractivity contribution in [3.05, 3.63) is 71.8 Å². The summed E-state index contributed by atoms with van der Waals surface area (Å²) in [7, 11) is 3.28. The number of hydrogen-bond acceptors (Lipinski definition) is 5. The maximum atomic E-state index is 5.28. The van der Waals surface area contributed by atoms with Crippen LogP contribution in [0, 0.1) is 0 Å². The first-order valence-corrected chi connectivity index (χ1v) is 7.95. The average molecular weight is 331 g/mol. The number of ether oxygens (including phenoxy) is 2. The van der Waals surface area contributed by atoms with Crippen molar-refractivity contribution >= 4 is 5.71 Å². The second-order valence-electron chi connectivity index (χ2n) is 5.76. The van der Waals surface area contributed by atoms with Crippen molar-refractivity contribution in [1.29, 1.82) is 0 Å². The molecule has 0 N–H and O–H groups in total. The zero-order valence-corrected chi connectivity index (χ0v) is 14.1. The van der Waals surface area contributed by atoms with E-state index >= 15 is 0 Å². The maximum Gasteiger partial charge on any atom is 0.137 e. The zero-order valence-electron chi connectivity index (χ0n) is 14.1. The van der Waals surface area contributed by atoms with Crippen LogP contribution in [0.2, 0.25) is 0 Å². The highest BCUT2D eigenvalue weighted by Gasteiger charge is 2.19. The van der Waals surface area contributed by atoms with E-state index < -0.39 is 0 Å². The molecule has 124 valence electrons. The summed E-state index contributed by atoms with van der Waals surface area (Å²) in [6, 6.07) is 10.3. The third-order valence-corrected chi connectivity index (χ3v) is 4.28. The van der Waals surface area contributed by atoms with Gasteiger partial charge in [-0.05, 0) is 29.3 Å². The molecule has 2 aromatic heterocycles. The van der Waals surface area contributed by atoms with Gasteiger partial charge in [-0.3, -0.25) is 15.0 Å². The Labute approximate surface area is 146 Å². The molecule has 5 nitrogen and oxygen atoms in total. The summed E-state index contributed by atoms with van der Waals surface area (Å²) in [6.45, 7) is 0.679. The molecule has 0 amide bonds. The first-order valence-electron chi connectivity index (χ1n) is 7.95. The Morgan fingerprint density at radius 1 is 0.760 bits per heavy atom. The largest absolute Gasteiger partial charge is 0.495 e. The van der Waals surface area contributed by atoms with Gasteiger partial charge in [0.15, 0.2) is 0 Å². The van der Waals surface area contributed by atoms with E-state index in [1.807, 2.05) is 24.5 Å². The predicted molar refractivity (Wildman–Crippen MR) is 96.4 cm³/mol. The van der Waals surface area contributed by atoms with Crippen LogP contribution in [0.4, 0.5) is 0 Å². The maximum absolute atomic E-state index is 5.28. The number of methoxy groups -OCH3 is 2. The summed E-state index contributed by atoms with van der Waals surface area (Å²) in [5.74, 6) is 1.46. The third kappa shape index (κ3) is 2.85. The van der Waals surface area contributed by atoms with E-state index in [2.05, 4.69) is 28.2 Å². The lowest BCUT2D eigenvalue weighted by molar-refractivity contribution is 0.413. The average Bonchev–Trinajstić information content (AvgIpc) is 3.11. The molecule has 0 atom stereocenters. The van der Waals surface area contributed by atoms with Gasteiger partial charge >= 0.3 is 0 Å². The normalized spacial score (nSPS) is 12.5. The molecule has 0 spiro atoms. The molecule has 0 saturated heterocycles. The first kappa shape index (κ1) is 15.3. The van der Waals surface area contributed by atoms with E-state index in [0.717, 1.165) is 39.5 Å². The van der Waals surface area contributed by atoms with E-state index in [-0.39, 0.29) is 0 Å². The number of benzene rings is 1. The standard InChI is InChI=1S/C20H17N3O2/c1-24-17-5-15(8-21-11-17)13-3-4-14-10-23-20(19(14)7-13)16-6-18(25-2)12-22-9-16/h3-9,11-12H,10H2,1-2H3. The molecule has 0 bridgehead atoms. The molecule has 0 saturated carbocycles. The molecule has 0 fully saturated rings. The molecule has 3 aromatic rings. The number of rotatable bonds is 4. The van der Waals surface area contributed by atoms with Crippen LogP contribution in [0.15, 0.2) is 60.1 Å². The molecule has 1 aliphatic heterocycles. The van der Waals surface area contributed by atoms with Crippen molar-refractivity contribution in [1.82, 2.24) is 9.97 Å². The van der Waals surface area contributed by atoms with E-state index in [4.69, 9.17) is 14.5 Å². The van der Waals surface area contributed by atoms with Gasteiger partial charge in [0.2, 0.25) is 0 Å². The van der Waals surface area contributed by atoms with Crippen LogP contribution >= 0.6 is 0 Å². The molecule has 0 unspecified atom stereocenters. The van der Waals surface area contributed by atoms with Crippen LogP contribution in [0.3, 0.4) is 0 Å². The summed E-state index contributed by atoms with van der Waals surface area (Å²) in [5.41, 5.74) is 6.32. The van der Waals surface area contributed by atoms with Gasteiger partial charge in [-0.2, -0.15) is 0 Å². The summed E-state index contributed by atoms with van der Waals surface area (Å²) >= 11 is 0. The minimum Gasteiger partial charge on any atom is -0.495 e. The van der Waals surface area contributed by atoms with Crippen LogP contribution in [-0.4, -0.2) is 29.9 Å². The topological polar surface area (TPSA) is 56.6 Å². The zero-order chi connectivity index (χ0) is 17.2. The lowest BCUT2D eigenvalue weighted by Crippen LogP contribution is -2.02. The summed E-state index contributed by atoms with van der Waals surface area (Å²) in [4.78, 5) is 13.2. The van der Waals surface area contributed by atoms with Gasteiger partial charge in [0, 0.05) is 29.1 Å². The fourth-order valence-corrected chi connectivity index (χ4v) is 2.96. The van der Waals surface area contributed by atoms with Gasteiger partial charge in [-0.1, -0.05) is 12.1 Å². The van der Waals surface area contributed by atoms with Gasteiger partial charge in [0.25, 0.3) is 0 Å². The monoisotopic (exact) mass is 331 g/mol.